The highest BCUT2D eigenvalue weighted by molar-refractivity contribution is 4.95. The van der Waals surface area contributed by atoms with Crippen LogP contribution in [0.4, 0.5) is 0 Å². The summed E-state index contributed by atoms with van der Waals surface area (Å²) in [6.07, 6.45) is 3.92. The van der Waals surface area contributed by atoms with Crippen molar-refractivity contribution in [3.8, 4) is 0 Å². The number of ether oxygens (including phenoxy) is 3. The first-order valence-electron chi connectivity index (χ1n) is 4.64. The minimum Gasteiger partial charge on any atom is -0.383 e. The van der Waals surface area contributed by atoms with E-state index in [0.717, 1.165) is 0 Å². The summed E-state index contributed by atoms with van der Waals surface area (Å²) in [5.74, 6) is 0. The molecule has 0 rings (SSSR count). The van der Waals surface area contributed by atoms with Gasteiger partial charge in [-0.15, -0.1) is 0 Å². The second kappa shape index (κ2) is 9.15. The zero-order chi connectivity index (χ0) is 10.8. The molecule has 0 spiro atoms. The maximum atomic E-state index is 5.32. The van der Waals surface area contributed by atoms with Crippen molar-refractivity contribution < 1.29 is 14.2 Å². The maximum absolute atomic E-state index is 5.32. The van der Waals surface area contributed by atoms with Gasteiger partial charge in [-0.1, -0.05) is 12.2 Å². The van der Waals surface area contributed by atoms with E-state index in [2.05, 4.69) is 5.32 Å². The molecule has 0 fully saturated rings. The molecular formula is C10H21NO3. The molecule has 0 amide bonds. The molecule has 0 aliphatic carbocycles. The quantitative estimate of drug-likeness (QED) is 0.581. The molecule has 0 saturated carbocycles. The van der Waals surface area contributed by atoms with Crippen LogP contribution < -0.4 is 5.32 Å². The molecule has 14 heavy (non-hydrogen) atoms. The van der Waals surface area contributed by atoms with Crippen LogP contribution in [0.3, 0.4) is 0 Å². The van der Waals surface area contributed by atoms with Crippen molar-refractivity contribution >= 4 is 0 Å². The Morgan fingerprint density at radius 3 is 2.36 bits per heavy atom. The first kappa shape index (κ1) is 13.6. The maximum Gasteiger partial charge on any atom is 0.0928 e. The van der Waals surface area contributed by atoms with Crippen molar-refractivity contribution in [1.29, 1.82) is 0 Å². The lowest BCUT2D eigenvalue weighted by atomic mass is 10.1. The van der Waals surface area contributed by atoms with Gasteiger partial charge in [-0.05, 0) is 7.05 Å². The SMILES string of the molecule is CNC(COC)[C@@H](/C=C/COC)OC. The third kappa shape index (κ3) is 5.34. The van der Waals surface area contributed by atoms with Gasteiger partial charge in [0.15, 0.2) is 0 Å². The van der Waals surface area contributed by atoms with E-state index in [1.165, 1.54) is 0 Å². The van der Waals surface area contributed by atoms with Crippen LogP contribution >= 0.6 is 0 Å². The molecule has 0 aliphatic rings. The standard InChI is InChI=1S/C10H21NO3/c1-11-9(8-13-3)10(14-4)6-5-7-12-2/h5-6,9-11H,7-8H2,1-4H3/b6-5+/t9?,10-/m1/s1. The number of rotatable bonds is 8. The van der Waals surface area contributed by atoms with Crippen molar-refractivity contribution in [2.24, 2.45) is 0 Å². The highest BCUT2D eigenvalue weighted by Crippen LogP contribution is 2.01. The first-order valence-corrected chi connectivity index (χ1v) is 4.64. The Balaban J connectivity index is 4.06. The monoisotopic (exact) mass is 203 g/mol. The molecule has 1 unspecified atom stereocenters. The van der Waals surface area contributed by atoms with Gasteiger partial charge in [0.1, 0.15) is 0 Å². The highest BCUT2D eigenvalue weighted by Gasteiger charge is 2.15. The van der Waals surface area contributed by atoms with Gasteiger partial charge >= 0.3 is 0 Å². The number of hydrogen-bond acceptors (Lipinski definition) is 4. The minimum atomic E-state index is 0.00935. The van der Waals surface area contributed by atoms with E-state index in [9.17, 15) is 0 Å². The Labute approximate surface area is 86.2 Å². The van der Waals surface area contributed by atoms with Gasteiger partial charge < -0.3 is 19.5 Å². The summed E-state index contributed by atoms with van der Waals surface area (Å²) in [4.78, 5) is 0. The second-order valence-electron chi connectivity index (χ2n) is 2.93. The minimum absolute atomic E-state index is 0.00935. The molecule has 84 valence electrons. The fraction of sp³-hybridized carbons (Fsp3) is 0.800. The Hall–Kier alpha value is -0.420. The van der Waals surface area contributed by atoms with Crippen LogP contribution in [-0.2, 0) is 14.2 Å². The molecule has 0 heterocycles. The predicted octanol–water partition coefficient (Wildman–Crippen LogP) is 0.438. The average Bonchev–Trinajstić information content (AvgIpc) is 2.22. The number of hydrogen-bond donors (Lipinski definition) is 1. The second-order valence-corrected chi connectivity index (χ2v) is 2.93. The van der Waals surface area contributed by atoms with Gasteiger partial charge in [0, 0.05) is 21.3 Å². The van der Waals surface area contributed by atoms with Crippen LogP contribution in [0, 0.1) is 0 Å². The van der Waals surface area contributed by atoms with Crippen molar-refractivity contribution in [3.63, 3.8) is 0 Å². The van der Waals surface area contributed by atoms with Crippen molar-refractivity contribution in [3.05, 3.63) is 12.2 Å². The Morgan fingerprint density at radius 2 is 1.93 bits per heavy atom. The van der Waals surface area contributed by atoms with Crippen LogP contribution in [0.5, 0.6) is 0 Å². The number of methoxy groups -OCH3 is 3. The van der Waals surface area contributed by atoms with Gasteiger partial charge in [-0.2, -0.15) is 0 Å². The number of likely N-dealkylation sites (N-methyl/N-ethyl adjacent to an activating group) is 1. The normalized spacial score (nSPS) is 16.0. The fourth-order valence-electron chi connectivity index (χ4n) is 1.18. The lowest BCUT2D eigenvalue weighted by Crippen LogP contribution is -2.41. The molecular weight excluding hydrogens is 182 g/mol. The van der Waals surface area contributed by atoms with E-state index >= 15 is 0 Å². The van der Waals surface area contributed by atoms with Crippen LogP contribution in [0.2, 0.25) is 0 Å². The molecule has 0 aliphatic heterocycles. The topological polar surface area (TPSA) is 39.7 Å². The molecule has 0 aromatic carbocycles. The summed E-state index contributed by atoms with van der Waals surface area (Å²) >= 11 is 0. The molecule has 0 aromatic heterocycles. The molecule has 0 saturated heterocycles. The first-order chi connectivity index (χ1) is 6.79. The van der Waals surface area contributed by atoms with Gasteiger partial charge in [-0.3, -0.25) is 0 Å². The largest absolute Gasteiger partial charge is 0.383 e. The van der Waals surface area contributed by atoms with Gasteiger partial charge in [0.25, 0.3) is 0 Å². The van der Waals surface area contributed by atoms with E-state index in [1.807, 2.05) is 19.2 Å². The van der Waals surface area contributed by atoms with E-state index in [-0.39, 0.29) is 12.1 Å². The molecule has 0 aromatic rings. The molecule has 4 nitrogen and oxygen atoms in total. The third-order valence-electron chi connectivity index (χ3n) is 1.97. The van der Waals surface area contributed by atoms with Crippen LogP contribution in [0.15, 0.2) is 12.2 Å². The lowest BCUT2D eigenvalue weighted by Gasteiger charge is -2.22. The molecule has 0 bridgehead atoms. The molecule has 4 heteroatoms. The van der Waals surface area contributed by atoms with Crippen LogP contribution in [0.25, 0.3) is 0 Å². The van der Waals surface area contributed by atoms with E-state index in [4.69, 9.17) is 14.2 Å². The Kier molecular flexibility index (Phi) is 8.87. The zero-order valence-corrected chi connectivity index (χ0v) is 9.45. The van der Waals surface area contributed by atoms with Gasteiger partial charge in [-0.25, -0.2) is 0 Å². The lowest BCUT2D eigenvalue weighted by molar-refractivity contribution is 0.0648. The summed E-state index contributed by atoms with van der Waals surface area (Å²) in [5, 5.41) is 3.14. The predicted molar refractivity (Wildman–Crippen MR) is 56.5 cm³/mol. The highest BCUT2D eigenvalue weighted by atomic mass is 16.5. The molecule has 1 N–H and O–H groups in total. The van der Waals surface area contributed by atoms with E-state index in [0.29, 0.717) is 13.2 Å². The Morgan fingerprint density at radius 1 is 1.21 bits per heavy atom. The fourth-order valence-corrected chi connectivity index (χ4v) is 1.18. The van der Waals surface area contributed by atoms with Crippen molar-refractivity contribution in [2.45, 2.75) is 12.1 Å². The summed E-state index contributed by atoms with van der Waals surface area (Å²) < 4.78 is 15.3. The van der Waals surface area contributed by atoms with Gasteiger partial charge in [0.2, 0.25) is 0 Å². The van der Waals surface area contributed by atoms with Gasteiger partial charge in [0.05, 0.1) is 25.4 Å². The molecule has 0 radical (unpaired) electrons. The Bertz CT molecular complexity index is 150. The van der Waals surface area contributed by atoms with Crippen LogP contribution in [0.1, 0.15) is 0 Å². The van der Waals surface area contributed by atoms with E-state index < -0.39 is 0 Å². The average molecular weight is 203 g/mol. The molecule has 2 atom stereocenters. The van der Waals surface area contributed by atoms with Crippen LogP contribution in [-0.4, -0.2) is 53.7 Å². The smallest absolute Gasteiger partial charge is 0.0928 e. The summed E-state index contributed by atoms with van der Waals surface area (Å²) in [6.45, 7) is 1.22. The summed E-state index contributed by atoms with van der Waals surface area (Å²) in [7, 11) is 6.91. The van der Waals surface area contributed by atoms with Crippen molar-refractivity contribution in [1.82, 2.24) is 5.32 Å². The van der Waals surface area contributed by atoms with Crippen molar-refractivity contribution in [2.75, 3.05) is 41.6 Å². The summed E-state index contributed by atoms with van der Waals surface area (Å²) in [6, 6.07) is 0.165. The zero-order valence-electron chi connectivity index (χ0n) is 9.45. The van der Waals surface area contributed by atoms with E-state index in [1.54, 1.807) is 21.3 Å². The summed E-state index contributed by atoms with van der Waals surface area (Å²) in [5.41, 5.74) is 0. The third-order valence-corrected chi connectivity index (χ3v) is 1.97. The number of nitrogens with one attached hydrogen (secondary N) is 1.